The summed E-state index contributed by atoms with van der Waals surface area (Å²) in [6.07, 6.45) is 2.32. The summed E-state index contributed by atoms with van der Waals surface area (Å²) in [6, 6.07) is 14.8. The Morgan fingerprint density at radius 2 is 1.85 bits per heavy atom. The number of aliphatic hydroxyl groups is 1. The number of pyridine rings is 1. The first-order valence-corrected chi connectivity index (χ1v) is 18.2. The second kappa shape index (κ2) is 13.5. The van der Waals surface area contributed by atoms with E-state index >= 15 is 0 Å². The number of esters is 1. The number of carbonyl (C=O) groups is 1. The lowest BCUT2D eigenvalue weighted by Gasteiger charge is -2.38. The van der Waals surface area contributed by atoms with E-state index in [0.29, 0.717) is 39.0 Å². The number of rotatable bonds is 12. The van der Waals surface area contributed by atoms with E-state index in [4.69, 9.17) is 14.2 Å². The third-order valence-corrected chi connectivity index (χ3v) is 12.9. The molecule has 2 unspecified atom stereocenters. The topological polar surface area (TPSA) is 161 Å². The van der Waals surface area contributed by atoms with Crippen molar-refractivity contribution in [1.29, 1.82) is 0 Å². The number of hydrogen-bond donors (Lipinski definition) is 2. The Labute approximate surface area is 270 Å². The van der Waals surface area contributed by atoms with Gasteiger partial charge in [-0.1, -0.05) is 24.3 Å². The first-order valence-electron chi connectivity index (χ1n) is 15.3. The number of sulfone groups is 1. The number of aromatic nitrogens is 1. The molecule has 2 aliphatic heterocycles. The van der Waals surface area contributed by atoms with E-state index in [1.807, 2.05) is 24.3 Å². The molecule has 46 heavy (non-hydrogen) atoms. The number of fused-ring (bicyclic) bond motifs is 1. The number of sulfonamides is 1. The zero-order valence-electron chi connectivity index (χ0n) is 26.2. The molecular weight excluding hydrogens is 634 g/mol. The highest BCUT2D eigenvalue weighted by molar-refractivity contribution is 7.93. The van der Waals surface area contributed by atoms with Gasteiger partial charge >= 0.3 is 5.97 Å². The molecule has 3 heterocycles. The van der Waals surface area contributed by atoms with Gasteiger partial charge in [-0.3, -0.25) is 9.78 Å². The van der Waals surface area contributed by atoms with Crippen molar-refractivity contribution in [3.8, 4) is 5.75 Å². The number of carbonyl (C=O) groups excluding carboxylic acids is 1. The van der Waals surface area contributed by atoms with Crippen molar-refractivity contribution < 1.29 is 40.9 Å². The Kier molecular flexibility index (Phi) is 10.1. The lowest BCUT2D eigenvalue weighted by Crippen LogP contribution is -2.47. The molecule has 1 aromatic heterocycles. The summed E-state index contributed by atoms with van der Waals surface area (Å²) >= 11 is 0. The van der Waals surface area contributed by atoms with Crippen LogP contribution in [0.15, 0.2) is 70.6 Å². The minimum absolute atomic E-state index is 0.0268. The molecule has 1 spiro atoms. The van der Waals surface area contributed by atoms with Crippen LogP contribution in [0.3, 0.4) is 0 Å². The van der Waals surface area contributed by atoms with E-state index in [0.717, 1.165) is 10.9 Å². The first kappa shape index (κ1) is 34.2. The third kappa shape index (κ3) is 7.06. The van der Waals surface area contributed by atoms with Crippen LogP contribution in [0.5, 0.6) is 5.75 Å². The highest BCUT2D eigenvalue weighted by Crippen LogP contribution is 2.37. The molecule has 2 saturated heterocycles. The number of aliphatic hydroxyl groups excluding tert-OH is 1. The molecule has 14 heteroatoms. The zero-order valence-corrected chi connectivity index (χ0v) is 27.8. The Morgan fingerprint density at radius 3 is 2.59 bits per heavy atom. The van der Waals surface area contributed by atoms with E-state index in [9.17, 15) is 26.7 Å². The SMILES string of the molecule is CCOC(=O)C(C)(C)S(=O)(=O)c1cccc(OCC(O)CNC2COC3(CCN(S(=O)(=O)c4cnc5ccccc5c4)CC3)C2)c1. The fraction of sp³-hybridized carbons (Fsp3) is 0.500. The molecule has 2 aromatic carbocycles. The molecule has 2 fully saturated rings. The molecule has 250 valence electrons. The third-order valence-electron chi connectivity index (χ3n) is 8.69. The van der Waals surface area contributed by atoms with Gasteiger partial charge in [0.05, 0.1) is 29.2 Å². The van der Waals surface area contributed by atoms with E-state index in [2.05, 4.69) is 10.3 Å². The van der Waals surface area contributed by atoms with Gasteiger partial charge in [0.25, 0.3) is 0 Å². The zero-order chi connectivity index (χ0) is 33.2. The van der Waals surface area contributed by atoms with Crippen LogP contribution in [0, 0.1) is 0 Å². The molecule has 0 saturated carbocycles. The standard InChI is InChI=1S/C32H41N3O9S2/c1-4-42-30(37)31(2,3)45(38,39)27-10-7-9-26(17-27)43-22-25(36)19-33-24-18-32(44-21-24)12-14-35(15-13-32)46(40,41)28-16-23-8-5-6-11-29(23)34-20-28/h5-11,16-17,20,24-25,33,36H,4,12-15,18-19,21-22H2,1-3H3. The molecule has 2 aliphatic rings. The molecule has 0 aliphatic carbocycles. The van der Waals surface area contributed by atoms with Crippen LogP contribution in [0.4, 0.5) is 0 Å². The number of para-hydroxylation sites is 1. The summed E-state index contributed by atoms with van der Waals surface area (Å²) in [5.41, 5.74) is 0.306. The van der Waals surface area contributed by atoms with Crippen LogP contribution in [0.1, 0.15) is 40.0 Å². The van der Waals surface area contributed by atoms with Crippen molar-refractivity contribution in [2.45, 2.75) is 72.3 Å². The predicted octanol–water partition coefficient (Wildman–Crippen LogP) is 2.69. The van der Waals surface area contributed by atoms with Crippen LogP contribution < -0.4 is 10.1 Å². The minimum atomic E-state index is -4.07. The summed E-state index contributed by atoms with van der Waals surface area (Å²) in [5, 5.41) is 14.7. The first-order chi connectivity index (χ1) is 21.8. The smallest absolute Gasteiger partial charge is 0.327 e. The molecular formula is C32H41N3O9S2. The van der Waals surface area contributed by atoms with Gasteiger partial charge in [0.2, 0.25) is 10.0 Å². The Hall–Kier alpha value is -3.14. The second-order valence-corrected chi connectivity index (χ2v) is 16.7. The number of piperidine rings is 1. The number of ether oxygens (including phenoxy) is 3. The van der Waals surface area contributed by atoms with Crippen LogP contribution in [-0.4, -0.2) is 99.1 Å². The van der Waals surface area contributed by atoms with Gasteiger partial charge in [-0.25, -0.2) is 16.8 Å². The van der Waals surface area contributed by atoms with Gasteiger partial charge in [0.15, 0.2) is 14.6 Å². The Morgan fingerprint density at radius 1 is 1.11 bits per heavy atom. The van der Waals surface area contributed by atoms with Crippen LogP contribution in [0.2, 0.25) is 0 Å². The largest absolute Gasteiger partial charge is 0.491 e. The lowest BCUT2D eigenvalue weighted by atomic mass is 9.88. The molecule has 2 N–H and O–H groups in total. The van der Waals surface area contributed by atoms with Crippen LogP contribution in [0.25, 0.3) is 10.9 Å². The number of nitrogens with one attached hydrogen (secondary N) is 1. The maximum Gasteiger partial charge on any atom is 0.327 e. The maximum atomic E-state index is 13.3. The monoisotopic (exact) mass is 675 g/mol. The summed E-state index contributed by atoms with van der Waals surface area (Å²) in [5.74, 6) is -0.598. The van der Waals surface area contributed by atoms with Gasteiger partial charge in [-0.15, -0.1) is 0 Å². The molecule has 3 aromatic rings. The van der Waals surface area contributed by atoms with Crippen molar-refractivity contribution in [3.63, 3.8) is 0 Å². The van der Waals surface area contributed by atoms with Crippen molar-refractivity contribution in [1.82, 2.24) is 14.6 Å². The minimum Gasteiger partial charge on any atom is -0.491 e. The molecule has 0 radical (unpaired) electrons. The quantitative estimate of drug-likeness (QED) is 0.272. The van der Waals surface area contributed by atoms with Crippen molar-refractivity contribution in [2.24, 2.45) is 0 Å². The van der Waals surface area contributed by atoms with Gasteiger partial charge in [0, 0.05) is 37.3 Å². The van der Waals surface area contributed by atoms with E-state index in [-0.39, 0.29) is 41.3 Å². The van der Waals surface area contributed by atoms with E-state index in [1.165, 1.54) is 42.5 Å². The lowest BCUT2D eigenvalue weighted by molar-refractivity contribution is -0.145. The van der Waals surface area contributed by atoms with Gasteiger partial charge in [-0.2, -0.15) is 4.31 Å². The fourth-order valence-corrected chi connectivity index (χ4v) is 8.61. The number of benzene rings is 2. The van der Waals surface area contributed by atoms with E-state index in [1.54, 1.807) is 19.1 Å². The molecule has 2 atom stereocenters. The Balaban J connectivity index is 1.09. The summed E-state index contributed by atoms with van der Waals surface area (Å²) in [4.78, 5) is 16.7. The number of nitrogens with zero attached hydrogens (tertiary/aromatic N) is 2. The van der Waals surface area contributed by atoms with E-state index < -0.39 is 42.3 Å². The van der Waals surface area contributed by atoms with Crippen molar-refractivity contribution >= 4 is 36.7 Å². The maximum absolute atomic E-state index is 13.3. The highest BCUT2D eigenvalue weighted by atomic mass is 32.2. The van der Waals surface area contributed by atoms with Gasteiger partial charge in [0.1, 0.15) is 23.4 Å². The second-order valence-electron chi connectivity index (χ2n) is 12.2. The van der Waals surface area contributed by atoms with Gasteiger partial charge in [-0.05, 0) is 70.4 Å². The summed E-state index contributed by atoms with van der Waals surface area (Å²) in [7, 11) is -7.76. The van der Waals surface area contributed by atoms with Crippen molar-refractivity contribution in [3.05, 3.63) is 60.8 Å². The predicted molar refractivity (Wildman–Crippen MR) is 171 cm³/mol. The molecule has 5 rings (SSSR count). The van der Waals surface area contributed by atoms with Crippen molar-refractivity contribution in [2.75, 3.05) is 39.5 Å². The van der Waals surface area contributed by atoms with Crippen LogP contribution in [-0.2, 0) is 34.1 Å². The number of hydrogen-bond acceptors (Lipinski definition) is 11. The Bertz CT molecular complexity index is 1770. The highest BCUT2D eigenvalue weighted by Gasteiger charge is 2.45. The fourth-order valence-electron chi connectivity index (χ4n) is 5.79. The van der Waals surface area contributed by atoms with Crippen LogP contribution >= 0.6 is 0 Å². The summed E-state index contributed by atoms with van der Waals surface area (Å²) in [6.45, 7) is 5.51. The normalized spacial score (nSPS) is 19.7. The van der Waals surface area contributed by atoms with Gasteiger partial charge < -0.3 is 24.6 Å². The summed E-state index contributed by atoms with van der Waals surface area (Å²) < 4.78 is 69.5. The molecule has 0 bridgehead atoms. The molecule has 12 nitrogen and oxygen atoms in total. The average molecular weight is 676 g/mol. The average Bonchev–Trinajstić information content (AvgIpc) is 3.44. The molecule has 0 amide bonds.